The van der Waals surface area contributed by atoms with Crippen LogP contribution in [0.5, 0.6) is 0 Å². The minimum Gasteiger partial charge on any atom is -0.363 e. The van der Waals surface area contributed by atoms with Crippen LogP contribution in [0.15, 0.2) is 53.9 Å². The van der Waals surface area contributed by atoms with Gasteiger partial charge in [0.2, 0.25) is 0 Å². The van der Waals surface area contributed by atoms with Crippen LogP contribution in [0, 0.1) is 21.4 Å². The number of nitrogens with zero attached hydrogens (tertiary/aromatic N) is 5. The van der Waals surface area contributed by atoms with Gasteiger partial charge >= 0.3 is 0 Å². The third-order valence-electron chi connectivity index (χ3n) is 4.97. The molecule has 0 aliphatic carbocycles. The molecule has 0 N–H and O–H groups in total. The molecule has 2 aromatic carbocycles. The number of piperazine rings is 1. The van der Waals surface area contributed by atoms with Gasteiger partial charge in [-0.15, -0.1) is 11.3 Å². The monoisotopic (exact) mass is 405 g/mol. The highest BCUT2D eigenvalue weighted by molar-refractivity contribution is 7.13. The Balaban J connectivity index is 1.41. The first-order chi connectivity index (χ1) is 14.1. The van der Waals surface area contributed by atoms with E-state index in [-0.39, 0.29) is 10.6 Å². The zero-order valence-corrected chi connectivity index (χ0v) is 16.5. The predicted molar refractivity (Wildman–Crippen MR) is 113 cm³/mol. The minimum absolute atomic E-state index is 0.0458. The summed E-state index contributed by atoms with van der Waals surface area (Å²) in [4.78, 5) is 20.0. The molecule has 0 spiro atoms. The molecule has 0 atom stereocenters. The van der Waals surface area contributed by atoms with E-state index in [0.29, 0.717) is 24.3 Å². The van der Waals surface area contributed by atoms with Gasteiger partial charge in [0.05, 0.1) is 22.2 Å². The largest absolute Gasteiger partial charge is 0.363 e. The van der Waals surface area contributed by atoms with Gasteiger partial charge in [-0.25, -0.2) is 4.98 Å². The summed E-state index contributed by atoms with van der Waals surface area (Å²) in [6.07, 6.45) is 0. The molecule has 0 saturated carbocycles. The molecule has 3 aromatic rings. The molecule has 1 aromatic heterocycles. The van der Waals surface area contributed by atoms with Gasteiger partial charge < -0.3 is 4.90 Å². The van der Waals surface area contributed by atoms with Gasteiger partial charge in [-0.1, -0.05) is 30.3 Å². The number of hydrogen-bond donors (Lipinski definition) is 0. The minimum atomic E-state index is -0.386. The Morgan fingerprint density at radius 2 is 1.90 bits per heavy atom. The standard InChI is InChI=1S/C21H19N5O2S/c22-13-16-6-7-19(26(27)28)20(12-16)25-10-8-24(9-11-25)14-18-15-29-21(23-18)17-4-2-1-3-5-17/h1-7,12,15H,8-11,14H2. The highest BCUT2D eigenvalue weighted by Gasteiger charge is 2.24. The van der Waals surface area contributed by atoms with E-state index in [2.05, 4.69) is 28.5 Å². The van der Waals surface area contributed by atoms with E-state index in [1.807, 2.05) is 23.1 Å². The van der Waals surface area contributed by atoms with Crippen molar-refractivity contribution in [3.63, 3.8) is 0 Å². The van der Waals surface area contributed by atoms with Crippen molar-refractivity contribution >= 4 is 22.7 Å². The van der Waals surface area contributed by atoms with Gasteiger partial charge in [0.25, 0.3) is 5.69 Å². The Bertz CT molecular complexity index is 1050. The molecule has 0 bridgehead atoms. The van der Waals surface area contributed by atoms with Gasteiger partial charge in [0.1, 0.15) is 10.7 Å². The molecule has 8 heteroatoms. The number of aromatic nitrogens is 1. The number of nitro benzene ring substituents is 1. The lowest BCUT2D eigenvalue weighted by Gasteiger charge is -2.35. The third-order valence-corrected chi connectivity index (χ3v) is 5.91. The van der Waals surface area contributed by atoms with Crippen LogP contribution in [0.1, 0.15) is 11.3 Å². The molecule has 2 heterocycles. The predicted octanol–water partition coefficient (Wildman–Crippen LogP) is 3.91. The highest BCUT2D eigenvalue weighted by Crippen LogP contribution is 2.30. The number of anilines is 1. The summed E-state index contributed by atoms with van der Waals surface area (Å²) in [6.45, 7) is 3.67. The van der Waals surface area contributed by atoms with E-state index in [0.717, 1.165) is 35.9 Å². The Morgan fingerprint density at radius 3 is 2.59 bits per heavy atom. The average Bonchev–Trinajstić information content (AvgIpc) is 3.23. The maximum atomic E-state index is 11.4. The lowest BCUT2D eigenvalue weighted by Crippen LogP contribution is -2.46. The lowest BCUT2D eigenvalue weighted by molar-refractivity contribution is -0.384. The van der Waals surface area contributed by atoms with Gasteiger partial charge in [-0.3, -0.25) is 15.0 Å². The second kappa shape index (κ2) is 8.39. The third kappa shape index (κ3) is 4.26. The molecule has 1 fully saturated rings. The van der Waals surface area contributed by atoms with Crippen molar-refractivity contribution in [2.75, 3.05) is 31.1 Å². The van der Waals surface area contributed by atoms with Gasteiger partial charge in [0.15, 0.2) is 0 Å². The second-order valence-electron chi connectivity index (χ2n) is 6.85. The average molecular weight is 405 g/mol. The second-order valence-corrected chi connectivity index (χ2v) is 7.70. The summed E-state index contributed by atoms with van der Waals surface area (Å²) < 4.78 is 0. The first-order valence-corrected chi connectivity index (χ1v) is 10.2. The Morgan fingerprint density at radius 1 is 1.14 bits per heavy atom. The number of rotatable bonds is 5. The molecule has 29 heavy (non-hydrogen) atoms. The van der Waals surface area contributed by atoms with Gasteiger partial charge in [-0.05, 0) is 12.1 Å². The molecule has 0 unspecified atom stereocenters. The van der Waals surface area contributed by atoms with E-state index in [9.17, 15) is 10.1 Å². The maximum Gasteiger partial charge on any atom is 0.292 e. The van der Waals surface area contributed by atoms with Crippen molar-refractivity contribution in [3.8, 4) is 16.6 Å². The van der Waals surface area contributed by atoms with Crippen LogP contribution in [0.25, 0.3) is 10.6 Å². The van der Waals surface area contributed by atoms with Crippen molar-refractivity contribution in [1.29, 1.82) is 5.26 Å². The molecule has 0 radical (unpaired) electrons. The van der Waals surface area contributed by atoms with Crippen LogP contribution < -0.4 is 4.90 Å². The zero-order valence-electron chi connectivity index (χ0n) is 15.7. The molecule has 1 aliphatic rings. The fourth-order valence-electron chi connectivity index (χ4n) is 3.47. The van der Waals surface area contributed by atoms with Gasteiger partial charge in [0, 0.05) is 49.7 Å². The van der Waals surface area contributed by atoms with Gasteiger partial charge in [-0.2, -0.15) is 5.26 Å². The van der Waals surface area contributed by atoms with Crippen molar-refractivity contribution < 1.29 is 4.92 Å². The van der Waals surface area contributed by atoms with E-state index >= 15 is 0 Å². The molecule has 1 saturated heterocycles. The summed E-state index contributed by atoms with van der Waals surface area (Å²) in [5.41, 5.74) is 3.17. The van der Waals surface area contributed by atoms with Crippen LogP contribution in [-0.2, 0) is 6.54 Å². The molecular formula is C21H19N5O2S. The van der Waals surface area contributed by atoms with E-state index in [1.54, 1.807) is 17.4 Å². The van der Waals surface area contributed by atoms with Crippen LogP contribution in [0.3, 0.4) is 0 Å². The van der Waals surface area contributed by atoms with Crippen LogP contribution in [-0.4, -0.2) is 41.0 Å². The molecule has 146 valence electrons. The SMILES string of the molecule is N#Cc1ccc([N+](=O)[O-])c(N2CCN(Cc3csc(-c4ccccc4)n3)CC2)c1. The molecular weight excluding hydrogens is 386 g/mol. The first kappa shape index (κ1) is 19.1. The summed E-state index contributed by atoms with van der Waals surface area (Å²) in [6, 6.07) is 16.7. The maximum absolute atomic E-state index is 11.4. The lowest BCUT2D eigenvalue weighted by atomic mass is 10.1. The highest BCUT2D eigenvalue weighted by atomic mass is 32.1. The smallest absolute Gasteiger partial charge is 0.292 e. The number of benzene rings is 2. The fraction of sp³-hybridized carbons (Fsp3) is 0.238. The molecule has 0 amide bonds. The molecule has 1 aliphatic heterocycles. The summed E-state index contributed by atoms with van der Waals surface area (Å²) in [5, 5.41) is 23.6. The van der Waals surface area contributed by atoms with Crippen molar-refractivity contribution in [1.82, 2.24) is 9.88 Å². The Hall–Kier alpha value is -3.28. The van der Waals surface area contributed by atoms with Crippen molar-refractivity contribution in [2.24, 2.45) is 0 Å². The first-order valence-electron chi connectivity index (χ1n) is 9.30. The molecule has 7 nitrogen and oxygen atoms in total. The number of thiazole rings is 1. The number of nitro groups is 1. The topological polar surface area (TPSA) is 86.3 Å². The Labute approximate surface area is 172 Å². The zero-order chi connectivity index (χ0) is 20.2. The van der Waals surface area contributed by atoms with E-state index < -0.39 is 0 Å². The van der Waals surface area contributed by atoms with Crippen LogP contribution in [0.4, 0.5) is 11.4 Å². The number of nitriles is 1. The number of hydrogen-bond acceptors (Lipinski definition) is 7. The Kier molecular flexibility index (Phi) is 5.51. The quantitative estimate of drug-likeness (QED) is 0.472. The summed E-state index contributed by atoms with van der Waals surface area (Å²) in [5.74, 6) is 0. The summed E-state index contributed by atoms with van der Waals surface area (Å²) >= 11 is 1.64. The summed E-state index contributed by atoms with van der Waals surface area (Å²) in [7, 11) is 0. The van der Waals surface area contributed by atoms with Crippen LogP contribution >= 0.6 is 11.3 Å². The molecule has 4 rings (SSSR count). The van der Waals surface area contributed by atoms with Crippen molar-refractivity contribution in [3.05, 3.63) is 75.3 Å². The van der Waals surface area contributed by atoms with Crippen molar-refractivity contribution in [2.45, 2.75) is 6.54 Å². The fourth-order valence-corrected chi connectivity index (χ4v) is 4.29. The van der Waals surface area contributed by atoms with E-state index in [4.69, 9.17) is 10.2 Å². The normalized spacial score (nSPS) is 14.5. The van der Waals surface area contributed by atoms with E-state index in [1.165, 1.54) is 12.1 Å². The van der Waals surface area contributed by atoms with Crippen LogP contribution in [0.2, 0.25) is 0 Å².